The molecule has 120 valence electrons. The largest absolute Gasteiger partial charge is 0.462 e. The molecule has 0 aromatic rings. The number of carbonyl (C=O) groups is 3. The molecule has 2 saturated heterocycles. The van der Waals surface area contributed by atoms with Crippen LogP contribution in [0.4, 0.5) is 0 Å². The first kappa shape index (κ1) is 15.3. The number of ketones is 1. The van der Waals surface area contributed by atoms with E-state index < -0.39 is 5.97 Å². The summed E-state index contributed by atoms with van der Waals surface area (Å²) in [5.41, 5.74) is 0.285. The van der Waals surface area contributed by atoms with Crippen LogP contribution in [0.1, 0.15) is 39.0 Å². The van der Waals surface area contributed by atoms with E-state index in [-0.39, 0.29) is 41.9 Å². The minimum Gasteiger partial charge on any atom is -0.462 e. The quantitative estimate of drug-likeness (QED) is 0.574. The Bertz CT molecular complexity index is 523. The van der Waals surface area contributed by atoms with Gasteiger partial charge in [-0.2, -0.15) is 0 Å². The molecule has 0 aromatic carbocycles. The number of rotatable bonds is 5. The van der Waals surface area contributed by atoms with Crippen LogP contribution in [0.3, 0.4) is 0 Å². The van der Waals surface area contributed by atoms with Crippen LogP contribution in [-0.2, 0) is 23.9 Å². The molecule has 0 radical (unpaired) electrons. The summed E-state index contributed by atoms with van der Waals surface area (Å²) in [7, 11) is 0. The second kappa shape index (κ2) is 5.86. The van der Waals surface area contributed by atoms with Gasteiger partial charge in [0.15, 0.2) is 5.78 Å². The summed E-state index contributed by atoms with van der Waals surface area (Å²) in [5, 5.41) is 0. The summed E-state index contributed by atoms with van der Waals surface area (Å²) < 4.78 is 10.5. The molecule has 2 aliphatic heterocycles. The molecule has 2 saturated carbocycles. The van der Waals surface area contributed by atoms with Gasteiger partial charge >= 0.3 is 11.9 Å². The zero-order chi connectivity index (χ0) is 15.9. The lowest BCUT2D eigenvalue weighted by Gasteiger charge is -2.41. The average molecular weight is 306 g/mol. The first-order valence-corrected chi connectivity index (χ1v) is 7.99. The van der Waals surface area contributed by atoms with Crippen LogP contribution in [0.25, 0.3) is 0 Å². The summed E-state index contributed by atoms with van der Waals surface area (Å²) in [5.74, 6) is 0.324. The molecule has 5 nitrogen and oxygen atoms in total. The van der Waals surface area contributed by atoms with Crippen molar-refractivity contribution in [1.29, 1.82) is 0 Å². The molecule has 4 bridgehead atoms. The number of carbonyl (C=O) groups excluding carboxylic acids is 3. The summed E-state index contributed by atoms with van der Waals surface area (Å²) in [6.07, 6.45) is 3.95. The Morgan fingerprint density at radius 1 is 1.27 bits per heavy atom. The van der Waals surface area contributed by atoms with Gasteiger partial charge in [0.1, 0.15) is 12.7 Å². The topological polar surface area (TPSA) is 69.7 Å². The first-order valence-electron chi connectivity index (χ1n) is 7.99. The van der Waals surface area contributed by atoms with Crippen molar-refractivity contribution in [1.82, 2.24) is 0 Å². The zero-order valence-corrected chi connectivity index (χ0v) is 12.9. The number of fused-ring (bicyclic) bond motifs is 1. The highest BCUT2D eigenvalue weighted by Gasteiger charge is 2.50. The maximum atomic E-state index is 12.1. The summed E-state index contributed by atoms with van der Waals surface area (Å²) in [6, 6.07) is 0. The number of hydrogen-bond donors (Lipinski definition) is 0. The van der Waals surface area contributed by atoms with Gasteiger partial charge < -0.3 is 9.47 Å². The Kier molecular flexibility index (Phi) is 4.06. The third-order valence-corrected chi connectivity index (χ3v) is 5.27. The first-order chi connectivity index (χ1) is 10.4. The van der Waals surface area contributed by atoms with Crippen LogP contribution in [-0.4, -0.2) is 30.4 Å². The van der Waals surface area contributed by atoms with Gasteiger partial charge in [-0.1, -0.05) is 6.58 Å². The Labute approximate surface area is 130 Å². The molecular formula is C17H22O5. The van der Waals surface area contributed by atoms with Gasteiger partial charge in [0.05, 0.1) is 5.92 Å². The van der Waals surface area contributed by atoms with Gasteiger partial charge in [-0.25, -0.2) is 4.79 Å². The van der Waals surface area contributed by atoms with E-state index in [1.54, 1.807) is 6.92 Å². The van der Waals surface area contributed by atoms with E-state index in [0.29, 0.717) is 18.3 Å². The fourth-order valence-corrected chi connectivity index (χ4v) is 4.30. The number of Topliss-reactive ketones (excluding diaryl/α,β-unsaturated/α-hetero) is 1. The van der Waals surface area contributed by atoms with E-state index in [4.69, 9.17) is 9.47 Å². The second-order valence-corrected chi connectivity index (χ2v) is 7.00. The molecule has 0 N–H and O–H groups in total. The smallest absolute Gasteiger partial charge is 0.333 e. The second-order valence-electron chi connectivity index (χ2n) is 7.00. The minimum atomic E-state index is -0.540. The molecule has 4 fully saturated rings. The minimum absolute atomic E-state index is 0.0232. The monoisotopic (exact) mass is 306 g/mol. The Balaban J connectivity index is 1.60. The van der Waals surface area contributed by atoms with Gasteiger partial charge in [-0.15, -0.1) is 0 Å². The normalized spacial score (nSPS) is 35.7. The van der Waals surface area contributed by atoms with Crippen LogP contribution in [0.5, 0.6) is 0 Å². The molecule has 5 heteroatoms. The zero-order valence-electron chi connectivity index (χ0n) is 12.9. The molecule has 4 rings (SSSR count). The summed E-state index contributed by atoms with van der Waals surface area (Å²) in [6.45, 7) is 4.82. The number of esters is 2. The van der Waals surface area contributed by atoms with E-state index >= 15 is 0 Å². The average Bonchev–Trinajstić information content (AvgIpc) is 2.62. The lowest BCUT2D eigenvalue weighted by atomic mass is 9.62. The SMILES string of the molecule is C=C(C)C(=O)OCC(=O)CC1C2CC3CC(C2)C(=O)OC1C3. The fourth-order valence-electron chi connectivity index (χ4n) is 4.30. The van der Waals surface area contributed by atoms with Crippen molar-refractivity contribution in [2.45, 2.75) is 45.1 Å². The van der Waals surface area contributed by atoms with Gasteiger partial charge in [-0.3, -0.25) is 9.59 Å². The number of hydrogen-bond acceptors (Lipinski definition) is 5. The summed E-state index contributed by atoms with van der Waals surface area (Å²) in [4.78, 5) is 35.4. The molecular weight excluding hydrogens is 284 g/mol. The van der Waals surface area contributed by atoms with Gasteiger partial charge in [0.25, 0.3) is 0 Å². The molecule has 5 atom stereocenters. The van der Waals surface area contributed by atoms with Gasteiger partial charge in [-0.05, 0) is 44.4 Å². The standard InChI is InChI=1S/C17H22O5/c1-9(2)16(19)21-8-13(18)7-14-11-3-10-4-12(6-11)17(20)22-15(14)5-10/h10-12,14-15H,1,3-8H2,2H3. The maximum Gasteiger partial charge on any atom is 0.333 e. The molecule has 5 unspecified atom stereocenters. The predicted octanol–water partition coefficient (Wildman–Crippen LogP) is 2.04. The van der Waals surface area contributed by atoms with Crippen LogP contribution >= 0.6 is 0 Å². The molecule has 2 heterocycles. The van der Waals surface area contributed by atoms with E-state index in [9.17, 15) is 14.4 Å². The van der Waals surface area contributed by atoms with Crippen molar-refractivity contribution in [3.63, 3.8) is 0 Å². The van der Waals surface area contributed by atoms with E-state index in [2.05, 4.69) is 6.58 Å². The highest BCUT2D eigenvalue weighted by molar-refractivity contribution is 5.89. The maximum absolute atomic E-state index is 12.1. The van der Waals surface area contributed by atoms with Crippen LogP contribution < -0.4 is 0 Å². The van der Waals surface area contributed by atoms with Crippen molar-refractivity contribution in [3.05, 3.63) is 12.2 Å². The third kappa shape index (κ3) is 2.94. The molecule has 0 spiro atoms. The third-order valence-electron chi connectivity index (χ3n) is 5.27. The molecule has 2 aliphatic carbocycles. The Morgan fingerprint density at radius 2 is 2.05 bits per heavy atom. The molecule has 0 amide bonds. The highest BCUT2D eigenvalue weighted by Crippen LogP contribution is 2.50. The van der Waals surface area contributed by atoms with Crippen LogP contribution in [0, 0.1) is 23.7 Å². The van der Waals surface area contributed by atoms with E-state index in [0.717, 1.165) is 25.7 Å². The molecule has 0 aromatic heterocycles. The lowest BCUT2D eigenvalue weighted by molar-refractivity contribution is -0.154. The van der Waals surface area contributed by atoms with Crippen molar-refractivity contribution in [2.75, 3.05) is 6.61 Å². The van der Waals surface area contributed by atoms with Crippen LogP contribution in [0.15, 0.2) is 12.2 Å². The number of ether oxygens (including phenoxy) is 2. The van der Waals surface area contributed by atoms with Crippen molar-refractivity contribution >= 4 is 17.7 Å². The lowest BCUT2D eigenvalue weighted by Crippen LogP contribution is -2.40. The van der Waals surface area contributed by atoms with E-state index in [1.807, 2.05) is 0 Å². The van der Waals surface area contributed by atoms with Gasteiger partial charge in [0, 0.05) is 17.9 Å². The Morgan fingerprint density at radius 3 is 2.77 bits per heavy atom. The predicted molar refractivity (Wildman–Crippen MR) is 77.7 cm³/mol. The van der Waals surface area contributed by atoms with E-state index in [1.165, 1.54) is 0 Å². The summed E-state index contributed by atoms with van der Waals surface area (Å²) >= 11 is 0. The highest BCUT2D eigenvalue weighted by atomic mass is 16.5. The van der Waals surface area contributed by atoms with Crippen molar-refractivity contribution in [2.24, 2.45) is 23.7 Å². The Hall–Kier alpha value is -1.65. The van der Waals surface area contributed by atoms with Gasteiger partial charge in [0.2, 0.25) is 0 Å². The van der Waals surface area contributed by atoms with Crippen molar-refractivity contribution < 1.29 is 23.9 Å². The molecule has 4 aliphatic rings. The van der Waals surface area contributed by atoms with Crippen LogP contribution in [0.2, 0.25) is 0 Å². The molecule has 22 heavy (non-hydrogen) atoms. The van der Waals surface area contributed by atoms with Crippen molar-refractivity contribution in [3.8, 4) is 0 Å². The fraction of sp³-hybridized carbons (Fsp3) is 0.706.